The van der Waals surface area contributed by atoms with Crippen molar-refractivity contribution in [2.75, 3.05) is 27.0 Å². The molecule has 4 amide bonds. The van der Waals surface area contributed by atoms with Crippen LogP contribution in [-0.2, 0) is 21.6 Å². The number of pyridine rings is 1. The number of furan rings is 1. The molecule has 2 aliphatic heterocycles. The van der Waals surface area contributed by atoms with E-state index < -0.39 is 17.5 Å². The zero-order chi connectivity index (χ0) is 27.4. The van der Waals surface area contributed by atoms with Crippen molar-refractivity contribution in [3.63, 3.8) is 0 Å². The molecular formula is C29H34N4O6. The number of carbonyl (C=O) groups is 3. The topological polar surface area (TPSA) is 114 Å². The lowest BCUT2D eigenvalue weighted by Crippen LogP contribution is -2.52. The number of hydrogen-bond acceptors (Lipinski definition) is 7. The molecule has 10 heteroatoms. The SMILES string of the molecule is CCCCCCCCOCN1C(=O)N[C@@](CN2Cc3ccc(OC)cc3C2=O)(c2cc3cnccc3o2)C1=O. The number of imide groups is 1. The van der Waals surface area contributed by atoms with Gasteiger partial charge in [0.2, 0.25) is 0 Å². The summed E-state index contributed by atoms with van der Waals surface area (Å²) in [4.78, 5) is 47.2. The Labute approximate surface area is 227 Å². The van der Waals surface area contributed by atoms with Crippen LogP contribution in [-0.4, -0.2) is 59.6 Å². The third-order valence-electron chi connectivity index (χ3n) is 7.40. The van der Waals surface area contributed by atoms with Crippen molar-refractivity contribution >= 4 is 28.8 Å². The molecule has 1 saturated heterocycles. The Morgan fingerprint density at radius 3 is 2.69 bits per heavy atom. The van der Waals surface area contributed by atoms with Gasteiger partial charge in [-0.05, 0) is 36.2 Å². The van der Waals surface area contributed by atoms with E-state index in [4.69, 9.17) is 13.9 Å². The molecular weight excluding hydrogens is 500 g/mol. The van der Waals surface area contributed by atoms with E-state index in [1.54, 1.807) is 48.7 Å². The molecule has 1 fully saturated rings. The Balaban J connectivity index is 1.36. The average molecular weight is 535 g/mol. The lowest BCUT2D eigenvalue weighted by molar-refractivity contribution is -0.136. The summed E-state index contributed by atoms with van der Waals surface area (Å²) >= 11 is 0. The molecule has 0 saturated carbocycles. The molecule has 2 aromatic heterocycles. The molecule has 1 atom stereocenters. The van der Waals surface area contributed by atoms with Gasteiger partial charge in [0.15, 0.2) is 5.54 Å². The van der Waals surface area contributed by atoms with Crippen molar-refractivity contribution in [1.82, 2.24) is 20.1 Å². The van der Waals surface area contributed by atoms with E-state index in [0.717, 1.165) is 29.7 Å². The number of rotatable bonds is 13. The van der Waals surface area contributed by atoms with Gasteiger partial charge in [-0.2, -0.15) is 0 Å². The first kappa shape index (κ1) is 26.7. The standard InChI is InChI=1S/C29H34N4O6/c1-3-4-5-6-7-8-13-38-19-33-27(35)29(31-28(33)36,25-14-21-16-30-12-11-24(21)39-25)18-32-17-20-9-10-22(37-2)15-23(20)26(32)34/h9-12,14-16H,3-8,13,17-19H2,1-2H3,(H,31,36)/t29-/m0/s1. The fraction of sp³-hybridized carbons (Fsp3) is 0.448. The van der Waals surface area contributed by atoms with Gasteiger partial charge < -0.3 is 24.1 Å². The molecule has 0 aliphatic carbocycles. The van der Waals surface area contributed by atoms with Gasteiger partial charge in [-0.25, -0.2) is 9.69 Å². The number of fused-ring (bicyclic) bond motifs is 2. The van der Waals surface area contributed by atoms with Gasteiger partial charge in [-0.15, -0.1) is 0 Å². The third kappa shape index (κ3) is 5.21. The number of benzene rings is 1. The molecule has 10 nitrogen and oxygen atoms in total. The third-order valence-corrected chi connectivity index (χ3v) is 7.40. The Morgan fingerprint density at radius 1 is 1.08 bits per heavy atom. The van der Waals surface area contributed by atoms with E-state index in [0.29, 0.717) is 35.4 Å². The maximum atomic E-state index is 14.0. The molecule has 1 aromatic carbocycles. The van der Waals surface area contributed by atoms with Crippen LogP contribution in [0.15, 0.2) is 47.1 Å². The fourth-order valence-corrected chi connectivity index (χ4v) is 5.21. The van der Waals surface area contributed by atoms with Gasteiger partial charge in [0.25, 0.3) is 11.8 Å². The zero-order valence-corrected chi connectivity index (χ0v) is 22.4. The predicted octanol–water partition coefficient (Wildman–Crippen LogP) is 4.57. The number of amides is 4. The normalized spacial score (nSPS) is 18.8. The highest BCUT2D eigenvalue weighted by molar-refractivity contribution is 6.08. The summed E-state index contributed by atoms with van der Waals surface area (Å²) in [7, 11) is 1.54. The molecule has 39 heavy (non-hydrogen) atoms. The second-order valence-electron chi connectivity index (χ2n) is 10.1. The van der Waals surface area contributed by atoms with Gasteiger partial charge in [-0.1, -0.05) is 45.1 Å². The van der Waals surface area contributed by atoms with Crippen molar-refractivity contribution in [3.8, 4) is 5.75 Å². The Morgan fingerprint density at radius 2 is 1.90 bits per heavy atom. The smallest absolute Gasteiger partial charge is 0.327 e. The lowest BCUT2D eigenvalue weighted by Gasteiger charge is -2.29. The van der Waals surface area contributed by atoms with E-state index in [1.807, 2.05) is 6.07 Å². The molecule has 0 radical (unpaired) electrons. The summed E-state index contributed by atoms with van der Waals surface area (Å²) in [5, 5.41) is 3.53. The highest BCUT2D eigenvalue weighted by atomic mass is 16.5. The van der Waals surface area contributed by atoms with Crippen LogP contribution >= 0.6 is 0 Å². The molecule has 0 bridgehead atoms. The van der Waals surface area contributed by atoms with Crippen LogP contribution in [0.3, 0.4) is 0 Å². The second kappa shape index (κ2) is 11.4. The minimum absolute atomic E-state index is 0.103. The number of unbranched alkanes of at least 4 members (excludes halogenated alkanes) is 5. The molecule has 1 N–H and O–H groups in total. The van der Waals surface area contributed by atoms with Crippen LogP contribution in [0.4, 0.5) is 4.79 Å². The van der Waals surface area contributed by atoms with E-state index in [2.05, 4.69) is 17.2 Å². The van der Waals surface area contributed by atoms with Crippen LogP contribution in [0.2, 0.25) is 0 Å². The molecule has 206 valence electrons. The Hall–Kier alpha value is -3.92. The summed E-state index contributed by atoms with van der Waals surface area (Å²) in [6, 6.07) is 8.11. The minimum Gasteiger partial charge on any atom is -0.497 e. The van der Waals surface area contributed by atoms with Crippen LogP contribution in [0.25, 0.3) is 11.0 Å². The van der Waals surface area contributed by atoms with Gasteiger partial charge >= 0.3 is 6.03 Å². The highest BCUT2D eigenvalue weighted by Crippen LogP contribution is 2.37. The number of urea groups is 1. The summed E-state index contributed by atoms with van der Waals surface area (Å²) in [6.07, 6.45) is 9.87. The molecule has 0 spiro atoms. The first-order chi connectivity index (χ1) is 19.0. The van der Waals surface area contributed by atoms with Crippen LogP contribution in [0.1, 0.15) is 67.1 Å². The summed E-state index contributed by atoms with van der Waals surface area (Å²) < 4.78 is 17.1. The lowest BCUT2D eigenvalue weighted by atomic mass is 9.95. The largest absolute Gasteiger partial charge is 0.497 e. The predicted molar refractivity (Wildman–Crippen MR) is 143 cm³/mol. The monoisotopic (exact) mass is 534 g/mol. The Kier molecular flexibility index (Phi) is 7.83. The molecule has 5 rings (SSSR count). The highest BCUT2D eigenvalue weighted by Gasteiger charge is 2.56. The second-order valence-corrected chi connectivity index (χ2v) is 10.1. The van der Waals surface area contributed by atoms with Gasteiger partial charge in [0, 0.05) is 36.5 Å². The molecule has 3 aromatic rings. The average Bonchev–Trinajstić information content (AvgIpc) is 3.59. The quantitative estimate of drug-likeness (QED) is 0.252. The first-order valence-electron chi connectivity index (χ1n) is 13.5. The van der Waals surface area contributed by atoms with Crippen molar-refractivity contribution < 1.29 is 28.3 Å². The first-order valence-corrected chi connectivity index (χ1v) is 13.5. The van der Waals surface area contributed by atoms with Crippen molar-refractivity contribution in [3.05, 3.63) is 59.6 Å². The molecule has 0 unspecified atom stereocenters. The van der Waals surface area contributed by atoms with E-state index in [9.17, 15) is 14.4 Å². The van der Waals surface area contributed by atoms with E-state index in [1.165, 1.54) is 19.3 Å². The van der Waals surface area contributed by atoms with Crippen LogP contribution < -0.4 is 10.1 Å². The number of hydrogen-bond donors (Lipinski definition) is 1. The van der Waals surface area contributed by atoms with Crippen molar-refractivity contribution in [2.45, 2.75) is 57.5 Å². The summed E-state index contributed by atoms with van der Waals surface area (Å²) in [5.41, 5.74) is 0.247. The Bertz CT molecular complexity index is 1340. The number of nitrogens with zero attached hydrogens (tertiary/aromatic N) is 3. The van der Waals surface area contributed by atoms with E-state index in [-0.39, 0.29) is 24.9 Å². The number of aromatic nitrogens is 1. The molecule has 2 aliphatic rings. The number of carbonyl (C=O) groups excluding carboxylic acids is 3. The van der Waals surface area contributed by atoms with E-state index >= 15 is 0 Å². The maximum Gasteiger partial charge on any atom is 0.327 e. The minimum atomic E-state index is -1.61. The van der Waals surface area contributed by atoms with Gasteiger partial charge in [0.1, 0.15) is 23.8 Å². The van der Waals surface area contributed by atoms with Crippen LogP contribution in [0, 0.1) is 0 Å². The number of methoxy groups -OCH3 is 1. The summed E-state index contributed by atoms with van der Waals surface area (Å²) in [6.45, 7) is 2.65. The van der Waals surface area contributed by atoms with Crippen LogP contribution in [0.5, 0.6) is 5.75 Å². The van der Waals surface area contributed by atoms with Gasteiger partial charge in [-0.3, -0.25) is 14.6 Å². The zero-order valence-electron chi connectivity index (χ0n) is 22.4. The van der Waals surface area contributed by atoms with Crippen molar-refractivity contribution in [1.29, 1.82) is 0 Å². The fourth-order valence-electron chi connectivity index (χ4n) is 5.21. The van der Waals surface area contributed by atoms with Crippen molar-refractivity contribution in [2.24, 2.45) is 0 Å². The number of nitrogens with one attached hydrogen (secondary N) is 1. The number of ether oxygens (including phenoxy) is 2. The van der Waals surface area contributed by atoms with Gasteiger partial charge in [0.05, 0.1) is 13.7 Å². The maximum absolute atomic E-state index is 14.0. The molecule has 4 heterocycles. The summed E-state index contributed by atoms with van der Waals surface area (Å²) in [5.74, 6) is 0.0377.